The summed E-state index contributed by atoms with van der Waals surface area (Å²) in [6.07, 6.45) is -4.46. The fourth-order valence-electron chi connectivity index (χ4n) is 4.48. The second-order valence-electron chi connectivity index (χ2n) is 13.9. The molecule has 324 valence electrons. The summed E-state index contributed by atoms with van der Waals surface area (Å²) in [5.74, 6) is -31.8. The summed E-state index contributed by atoms with van der Waals surface area (Å²) < 4.78 is 52.1. The van der Waals surface area contributed by atoms with Crippen LogP contribution in [-0.2, 0) is 85.8 Å². The fourth-order valence-corrected chi connectivity index (χ4v) is 4.48. The zero-order chi connectivity index (χ0) is 47.0. The van der Waals surface area contributed by atoms with Crippen LogP contribution in [0.4, 0.5) is 0 Å². The minimum absolute atomic E-state index is 0.451. The maximum absolute atomic E-state index is 14.2. The van der Waals surface area contributed by atoms with Gasteiger partial charge in [0.15, 0.2) is 6.10 Å². The van der Waals surface area contributed by atoms with E-state index in [1.807, 2.05) is 0 Å². The molecule has 0 aliphatic heterocycles. The van der Waals surface area contributed by atoms with Gasteiger partial charge in [0.25, 0.3) is 0 Å². The van der Waals surface area contributed by atoms with Crippen LogP contribution in [0.15, 0.2) is 109 Å². The lowest BCUT2D eigenvalue weighted by molar-refractivity contribution is -0.525. The molecule has 18 heteroatoms. The Labute approximate surface area is 346 Å². The number of carbonyl (C=O) groups excluding carboxylic acids is 9. The Hall–Kier alpha value is -7.11. The van der Waals surface area contributed by atoms with Crippen molar-refractivity contribution in [1.82, 2.24) is 0 Å². The van der Waals surface area contributed by atoms with Gasteiger partial charge in [0.05, 0.1) is 6.42 Å². The van der Waals surface area contributed by atoms with Gasteiger partial charge >= 0.3 is 76.9 Å². The second-order valence-corrected chi connectivity index (χ2v) is 13.9. The minimum Gasteiger partial charge on any atom is -0.450 e. The normalized spacial score (nSPS) is 16.2. The lowest BCUT2D eigenvalue weighted by Gasteiger charge is -2.60. The number of rotatable bonds is 18. The molecule has 0 saturated heterocycles. The highest BCUT2D eigenvalue weighted by Gasteiger charge is 2.95. The first-order valence-electron chi connectivity index (χ1n) is 17.3. The molecule has 0 heterocycles. The molecule has 0 amide bonds. The molecule has 18 nitrogen and oxygen atoms in total. The summed E-state index contributed by atoms with van der Waals surface area (Å²) in [7, 11) is 0. The summed E-state index contributed by atoms with van der Waals surface area (Å²) in [6.45, 7) is 40.6. The molecule has 0 radical (unpaired) electrons. The Balaban J connectivity index is 5.67. The number of ether oxygens (including phenoxy) is 9. The van der Waals surface area contributed by atoms with Crippen molar-refractivity contribution in [3.8, 4) is 0 Å². The van der Waals surface area contributed by atoms with Crippen molar-refractivity contribution in [2.75, 3.05) is 0 Å². The SMILES string of the molecule is C=C(C)C(=O)OC1CC(OC(=O)C(=C)C)(OC(=O)C(=C)C)C(OC(=O)C(=C)C)(OC(=O)C(=C)C)C(OC(=O)C(=C)C)(OC(=O)C(=C)C)C1(OC(=O)C(=C)C)OC(=O)C(=C)C. The Kier molecular flexibility index (Phi) is 16.2. The first kappa shape index (κ1) is 50.9. The molecule has 0 spiro atoms. The molecular formula is C42H48O18. The van der Waals surface area contributed by atoms with E-state index in [9.17, 15) is 43.2 Å². The van der Waals surface area contributed by atoms with Gasteiger partial charge in [0.2, 0.25) is 0 Å². The van der Waals surface area contributed by atoms with E-state index in [1.165, 1.54) is 0 Å². The Morgan fingerprint density at radius 2 is 0.550 bits per heavy atom. The van der Waals surface area contributed by atoms with E-state index in [1.54, 1.807) is 0 Å². The van der Waals surface area contributed by atoms with Crippen LogP contribution in [0.2, 0.25) is 0 Å². The van der Waals surface area contributed by atoms with Gasteiger partial charge in [-0.3, -0.25) is 0 Å². The molecule has 1 fully saturated rings. The van der Waals surface area contributed by atoms with E-state index in [-0.39, 0.29) is 0 Å². The molecule has 0 aromatic carbocycles. The molecule has 1 saturated carbocycles. The first-order chi connectivity index (χ1) is 27.3. The lowest BCUT2D eigenvalue weighted by atomic mass is 9.73. The van der Waals surface area contributed by atoms with Crippen molar-refractivity contribution < 1.29 is 85.8 Å². The van der Waals surface area contributed by atoms with Crippen LogP contribution in [0.1, 0.15) is 68.7 Å². The van der Waals surface area contributed by atoms with Gasteiger partial charge in [0, 0.05) is 50.2 Å². The molecule has 1 aliphatic rings. The van der Waals surface area contributed by atoms with Crippen LogP contribution in [0, 0.1) is 0 Å². The third-order valence-electron chi connectivity index (χ3n) is 7.61. The van der Waals surface area contributed by atoms with Crippen molar-refractivity contribution in [3.05, 3.63) is 109 Å². The summed E-state index contributed by atoms with van der Waals surface area (Å²) in [5, 5.41) is 0. The van der Waals surface area contributed by atoms with E-state index < -0.39 is 140 Å². The average Bonchev–Trinajstić information content (AvgIpc) is 3.11. The largest absolute Gasteiger partial charge is 0.450 e. The Bertz CT molecular complexity index is 1940. The van der Waals surface area contributed by atoms with Gasteiger partial charge in [-0.15, -0.1) is 0 Å². The molecule has 1 aliphatic carbocycles. The Morgan fingerprint density at radius 1 is 0.333 bits per heavy atom. The van der Waals surface area contributed by atoms with Gasteiger partial charge in [-0.25, -0.2) is 43.2 Å². The minimum atomic E-state index is -4.47. The van der Waals surface area contributed by atoms with Crippen molar-refractivity contribution >= 4 is 53.7 Å². The number of esters is 9. The molecule has 60 heavy (non-hydrogen) atoms. The monoisotopic (exact) mass is 840 g/mol. The molecule has 1 atom stereocenters. The van der Waals surface area contributed by atoms with Gasteiger partial charge < -0.3 is 42.6 Å². The van der Waals surface area contributed by atoms with E-state index in [0.29, 0.717) is 0 Å². The maximum Gasteiger partial charge on any atom is 0.427 e. The molecule has 0 bridgehead atoms. The molecule has 0 aromatic heterocycles. The van der Waals surface area contributed by atoms with Crippen LogP contribution in [0.5, 0.6) is 0 Å². The summed E-state index contributed by atoms with van der Waals surface area (Å²) in [6, 6.07) is 0. The highest BCUT2D eigenvalue weighted by Crippen LogP contribution is 2.60. The maximum atomic E-state index is 14.2. The van der Waals surface area contributed by atoms with Crippen molar-refractivity contribution in [2.24, 2.45) is 0 Å². The van der Waals surface area contributed by atoms with Gasteiger partial charge in [-0.2, -0.15) is 0 Å². The van der Waals surface area contributed by atoms with Gasteiger partial charge in [0.1, 0.15) is 0 Å². The molecule has 0 aromatic rings. The standard InChI is InChI=1S/C42H48O18/c1-20(2)30(43)52-29-19-39(53-31(44)21(3)4,54-32(45)22(5)6)41(57-35(48)25(11)12,58-36(49)26(13)14)42(59-37(50)27(15)16,60-38(51)28(17)18)40(29,55-33(46)23(7)8)56-34(47)24(9)10/h29H,1,3,5,7,9,11,13,15,17,19H2,2,4,6,8,10,12,14,16,18H3. The highest BCUT2D eigenvalue weighted by atomic mass is 16.9. The average molecular weight is 841 g/mol. The number of hydrogen-bond acceptors (Lipinski definition) is 18. The van der Waals surface area contributed by atoms with E-state index in [4.69, 9.17) is 42.6 Å². The van der Waals surface area contributed by atoms with Crippen LogP contribution in [-0.4, -0.2) is 83.0 Å². The summed E-state index contributed by atoms with van der Waals surface area (Å²) in [5.41, 5.74) is -5.22. The van der Waals surface area contributed by atoms with E-state index >= 15 is 0 Å². The van der Waals surface area contributed by atoms with Gasteiger partial charge in [-0.1, -0.05) is 59.2 Å². The molecule has 1 rings (SSSR count). The van der Waals surface area contributed by atoms with Crippen LogP contribution in [0.3, 0.4) is 0 Å². The lowest BCUT2D eigenvalue weighted by Crippen LogP contribution is -2.89. The third-order valence-corrected chi connectivity index (χ3v) is 7.61. The van der Waals surface area contributed by atoms with Crippen molar-refractivity contribution in [1.29, 1.82) is 0 Å². The zero-order valence-electron chi connectivity index (χ0n) is 35.0. The first-order valence-corrected chi connectivity index (χ1v) is 17.3. The van der Waals surface area contributed by atoms with Crippen LogP contribution < -0.4 is 0 Å². The van der Waals surface area contributed by atoms with E-state index in [0.717, 1.165) is 62.3 Å². The van der Waals surface area contributed by atoms with Crippen LogP contribution >= 0.6 is 0 Å². The van der Waals surface area contributed by atoms with E-state index in [2.05, 4.69) is 59.2 Å². The highest BCUT2D eigenvalue weighted by molar-refractivity contribution is 5.95. The topological polar surface area (TPSA) is 237 Å². The summed E-state index contributed by atoms with van der Waals surface area (Å²) >= 11 is 0. The third kappa shape index (κ3) is 10.3. The zero-order valence-corrected chi connectivity index (χ0v) is 35.0. The summed E-state index contributed by atoms with van der Waals surface area (Å²) in [4.78, 5) is 126. The Morgan fingerprint density at radius 3 is 0.800 bits per heavy atom. The van der Waals surface area contributed by atoms with Crippen LogP contribution in [0.25, 0.3) is 0 Å². The van der Waals surface area contributed by atoms with Crippen molar-refractivity contribution in [3.63, 3.8) is 0 Å². The predicted molar refractivity (Wildman–Crippen MR) is 207 cm³/mol. The smallest absolute Gasteiger partial charge is 0.427 e. The number of hydrogen-bond donors (Lipinski definition) is 0. The van der Waals surface area contributed by atoms with Gasteiger partial charge in [-0.05, 0) is 62.3 Å². The molecule has 1 unspecified atom stereocenters. The fraction of sp³-hybridized carbons (Fsp3) is 0.357. The molecule has 0 N–H and O–H groups in total. The molecular weight excluding hydrogens is 792 g/mol. The number of carbonyl (C=O) groups is 9. The van der Waals surface area contributed by atoms with Crippen molar-refractivity contribution in [2.45, 2.75) is 98.0 Å². The second kappa shape index (κ2) is 19.1. The predicted octanol–water partition coefficient (Wildman–Crippen LogP) is 4.62. The quantitative estimate of drug-likeness (QED) is 0.0792.